The molecule has 0 saturated heterocycles. The molecule has 4 rings (SSSR count). The Morgan fingerprint density at radius 1 is 1.24 bits per heavy atom. The van der Waals surface area contributed by atoms with Crippen molar-refractivity contribution in [3.8, 4) is 11.3 Å². The molecule has 1 aromatic heterocycles. The van der Waals surface area contributed by atoms with Crippen molar-refractivity contribution in [2.45, 2.75) is 25.2 Å². The summed E-state index contributed by atoms with van der Waals surface area (Å²) in [6.07, 6.45) is 16.1. The highest BCUT2D eigenvalue weighted by Crippen LogP contribution is 2.45. The fourth-order valence-electron chi connectivity index (χ4n) is 4.52. The largest absolute Gasteiger partial charge is 0.361 e. The Morgan fingerprint density at radius 3 is 2.90 bits per heavy atom. The third kappa shape index (κ3) is 3.86. The summed E-state index contributed by atoms with van der Waals surface area (Å²) in [6.45, 7) is 9.54. The van der Waals surface area contributed by atoms with Gasteiger partial charge in [0.05, 0.1) is 5.69 Å². The first-order valence-corrected chi connectivity index (χ1v) is 10.4. The van der Waals surface area contributed by atoms with Crippen LogP contribution in [0.15, 0.2) is 79.1 Å². The SMILES string of the molecule is C=Cc1cc[nH]c1-c1ccc2c(c1)C1C=CC=CC(=C2C(=C)CCCN(C)C)C1. The topological polar surface area (TPSA) is 19.0 Å². The zero-order valence-electron chi connectivity index (χ0n) is 17.5. The van der Waals surface area contributed by atoms with E-state index in [-0.39, 0.29) is 0 Å². The molecule has 1 atom stereocenters. The van der Waals surface area contributed by atoms with Gasteiger partial charge in [0.25, 0.3) is 0 Å². The number of aromatic amines is 1. The lowest BCUT2D eigenvalue weighted by molar-refractivity contribution is 0.401. The average molecular weight is 383 g/mol. The van der Waals surface area contributed by atoms with Crippen molar-refractivity contribution in [2.75, 3.05) is 20.6 Å². The first kappa shape index (κ1) is 19.5. The highest BCUT2D eigenvalue weighted by atomic mass is 15.0. The average Bonchev–Trinajstić information content (AvgIpc) is 3.09. The van der Waals surface area contributed by atoms with Crippen molar-refractivity contribution in [1.29, 1.82) is 0 Å². The second-order valence-electron chi connectivity index (χ2n) is 8.28. The van der Waals surface area contributed by atoms with Crippen LogP contribution in [-0.2, 0) is 0 Å². The van der Waals surface area contributed by atoms with Crippen molar-refractivity contribution >= 4 is 11.6 Å². The highest BCUT2D eigenvalue weighted by Gasteiger charge is 2.27. The zero-order valence-corrected chi connectivity index (χ0v) is 17.5. The molecule has 0 spiro atoms. The number of hydrogen-bond acceptors (Lipinski definition) is 1. The van der Waals surface area contributed by atoms with Gasteiger partial charge in [-0.15, -0.1) is 0 Å². The monoisotopic (exact) mass is 382 g/mol. The summed E-state index contributed by atoms with van der Waals surface area (Å²) in [4.78, 5) is 5.63. The number of H-pyrrole nitrogens is 1. The molecule has 0 radical (unpaired) electrons. The van der Waals surface area contributed by atoms with E-state index in [1.165, 1.54) is 33.4 Å². The molecule has 2 aliphatic rings. The minimum atomic E-state index is 0.412. The number of aromatic nitrogens is 1. The molecule has 1 aromatic carbocycles. The van der Waals surface area contributed by atoms with Gasteiger partial charge in [0, 0.05) is 12.1 Å². The van der Waals surface area contributed by atoms with Crippen LogP contribution in [0.3, 0.4) is 0 Å². The van der Waals surface area contributed by atoms with E-state index in [4.69, 9.17) is 0 Å². The van der Waals surface area contributed by atoms with Crippen molar-refractivity contribution < 1.29 is 0 Å². The van der Waals surface area contributed by atoms with Crippen LogP contribution in [0.1, 0.15) is 41.9 Å². The lowest BCUT2D eigenvalue weighted by Crippen LogP contribution is -2.14. The maximum absolute atomic E-state index is 4.50. The van der Waals surface area contributed by atoms with Gasteiger partial charge < -0.3 is 9.88 Å². The van der Waals surface area contributed by atoms with Crippen LogP contribution in [-0.4, -0.2) is 30.5 Å². The number of allylic oxidation sites excluding steroid dienone is 7. The third-order valence-corrected chi connectivity index (χ3v) is 5.96. The molecule has 2 aliphatic carbocycles. The van der Waals surface area contributed by atoms with Crippen molar-refractivity contribution in [1.82, 2.24) is 9.88 Å². The molecular formula is C27H30N2. The first-order valence-electron chi connectivity index (χ1n) is 10.4. The molecule has 0 saturated carbocycles. The lowest BCUT2D eigenvalue weighted by Gasteiger charge is -2.29. The van der Waals surface area contributed by atoms with E-state index in [9.17, 15) is 0 Å². The smallest absolute Gasteiger partial charge is 0.0527 e. The predicted molar refractivity (Wildman–Crippen MR) is 126 cm³/mol. The zero-order chi connectivity index (χ0) is 20.4. The van der Waals surface area contributed by atoms with E-state index in [1.54, 1.807) is 0 Å². The molecule has 2 nitrogen and oxygen atoms in total. The molecule has 2 bridgehead atoms. The summed E-state index contributed by atoms with van der Waals surface area (Å²) in [5.41, 5.74) is 10.3. The quantitative estimate of drug-likeness (QED) is 0.572. The standard InChI is InChI=1S/C27H30N2/c1-5-20-14-15-28-27(20)23-12-13-24-25(18-23)21-10-6-7-11-22(17-21)26(24)19(2)9-8-16-29(3)4/h5-7,10-15,18,21,28H,1-2,8-9,16-17H2,3-4H3. The normalized spacial score (nSPS) is 17.4. The van der Waals surface area contributed by atoms with Gasteiger partial charge in [-0.1, -0.05) is 55.7 Å². The molecule has 1 N–H and O–H groups in total. The maximum Gasteiger partial charge on any atom is 0.0527 e. The van der Waals surface area contributed by atoms with E-state index in [0.29, 0.717) is 5.92 Å². The lowest BCUT2D eigenvalue weighted by atomic mass is 9.75. The molecule has 29 heavy (non-hydrogen) atoms. The van der Waals surface area contributed by atoms with Gasteiger partial charge in [-0.2, -0.15) is 0 Å². The Kier molecular flexibility index (Phi) is 5.55. The van der Waals surface area contributed by atoms with Gasteiger partial charge in [0.15, 0.2) is 0 Å². The predicted octanol–water partition coefficient (Wildman–Crippen LogP) is 6.59. The van der Waals surface area contributed by atoms with Gasteiger partial charge in [-0.3, -0.25) is 0 Å². The van der Waals surface area contributed by atoms with E-state index in [0.717, 1.165) is 37.1 Å². The highest BCUT2D eigenvalue weighted by molar-refractivity contribution is 5.88. The number of nitrogens with zero attached hydrogens (tertiary/aromatic N) is 1. The molecule has 0 aliphatic heterocycles. The molecule has 2 aromatic rings. The molecular weight excluding hydrogens is 352 g/mol. The Balaban J connectivity index is 1.75. The second kappa shape index (κ2) is 8.26. The van der Waals surface area contributed by atoms with Crippen LogP contribution in [0.5, 0.6) is 0 Å². The molecule has 148 valence electrons. The van der Waals surface area contributed by atoms with E-state index >= 15 is 0 Å². The number of hydrogen-bond donors (Lipinski definition) is 1. The maximum atomic E-state index is 4.50. The fraction of sp³-hybridized carbons (Fsp3) is 0.259. The van der Waals surface area contributed by atoms with Gasteiger partial charge in [0.1, 0.15) is 0 Å². The number of nitrogens with one attached hydrogen (secondary N) is 1. The van der Waals surface area contributed by atoms with Gasteiger partial charge >= 0.3 is 0 Å². The Hall–Kier alpha value is -2.84. The van der Waals surface area contributed by atoms with Gasteiger partial charge in [-0.25, -0.2) is 0 Å². The summed E-state index contributed by atoms with van der Waals surface area (Å²) in [5.74, 6) is 0.412. The summed E-state index contributed by atoms with van der Waals surface area (Å²) >= 11 is 0. The van der Waals surface area contributed by atoms with Crippen LogP contribution in [0.2, 0.25) is 0 Å². The van der Waals surface area contributed by atoms with Crippen LogP contribution < -0.4 is 0 Å². The van der Waals surface area contributed by atoms with E-state index in [1.807, 2.05) is 12.3 Å². The summed E-state index contributed by atoms with van der Waals surface area (Å²) < 4.78 is 0. The number of rotatable bonds is 7. The first-order chi connectivity index (χ1) is 14.1. The molecule has 0 fully saturated rings. The van der Waals surface area contributed by atoms with E-state index in [2.05, 4.69) is 85.7 Å². The third-order valence-electron chi connectivity index (χ3n) is 5.96. The van der Waals surface area contributed by atoms with E-state index < -0.39 is 0 Å². The number of benzene rings is 1. The fourth-order valence-corrected chi connectivity index (χ4v) is 4.52. The van der Waals surface area contributed by atoms with Gasteiger partial charge in [-0.05, 0) is 91.0 Å². The Labute approximate surface area is 174 Å². The van der Waals surface area contributed by atoms with Gasteiger partial charge in [0.2, 0.25) is 0 Å². The Morgan fingerprint density at radius 2 is 2.10 bits per heavy atom. The van der Waals surface area contributed by atoms with Crippen LogP contribution in [0, 0.1) is 0 Å². The summed E-state index contributed by atoms with van der Waals surface area (Å²) in [6, 6.07) is 8.96. The minimum absolute atomic E-state index is 0.412. The molecule has 0 amide bonds. The van der Waals surface area contributed by atoms with Crippen LogP contribution in [0.4, 0.5) is 0 Å². The molecule has 1 heterocycles. The van der Waals surface area contributed by atoms with Crippen molar-refractivity contribution in [3.63, 3.8) is 0 Å². The van der Waals surface area contributed by atoms with Crippen LogP contribution in [0.25, 0.3) is 22.9 Å². The van der Waals surface area contributed by atoms with Crippen molar-refractivity contribution in [3.05, 3.63) is 95.8 Å². The summed E-state index contributed by atoms with van der Waals surface area (Å²) in [5, 5.41) is 0. The van der Waals surface area contributed by atoms with Crippen molar-refractivity contribution in [2.24, 2.45) is 0 Å². The minimum Gasteiger partial charge on any atom is -0.361 e. The molecule has 2 heteroatoms. The Bertz CT molecular complexity index is 1030. The molecule has 1 unspecified atom stereocenters. The summed E-state index contributed by atoms with van der Waals surface area (Å²) in [7, 11) is 4.26. The number of fused-ring (bicyclic) bond motifs is 4. The second-order valence-corrected chi connectivity index (χ2v) is 8.28. The van der Waals surface area contributed by atoms with Crippen LogP contribution >= 0.6 is 0 Å².